The Balaban J connectivity index is 2.72. The summed E-state index contributed by atoms with van der Waals surface area (Å²) < 4.78 is 49.8. The second-order valence-electron chi connectivity index (χ2n) is 4.03. The number of rotatable bonds is 5. The molecule has 1 aromatic carbocycles. The number of hydrogen-bond acceptors (Lipinski definition) is 2. The maximum Gasteiger partial charge on any atom is 0.417 e. The zero-order valence-corrected chi connectivity index (χ0v) is 12.2. The van der Waals surface area contributed by atoms with Gasteiger partial charge in [0.05, 0.1) is 21.4 Å². The third-order valence-corrected chi connectivity index (χ3v) is 4.16. The lowest BCUT2D eigenvalue weighted by Crippen LogP contribution is -2.22. The highest BCUT2D eigenvalue weighted by Gasteiger charge is 2.33. The molecule has 0 spiro atoms. The number of alkyl halides is 3. The second kappa shape index (κ2) is 7.08. The van der Waals surface area contributed by atoms with Crippen LogP contribution in [0.2, 0.25) is 5.02 Å². The fraction of sp³-hybridized carbons (Fsp3) is 0.417. The van der Waals surface area contributed by atoms with Crippen molar-refractivity contribution in [1.82, 2.24) is 5.32 Å². The van der Waals surface area contributed by atoms with Crippen molar-refractivity contribution >= 4 is 28.3 Å². The third kappa shape index (κ3) is 5.13. The van der Waals surface area contributed by atoms with Gasteiger partial charge in [-0.1, -0.05) is 11.6 Å². The lowest BCUT2D eigenvalue weighted by atomic mass is 10.2. The van der Waals surface area contributed by atoms with Crippen LogP contribution in [0.4, 0.5) is 13.2 Å². The van der Waals surface area contributed by atoms with Gasteiger partial charge in [-0.15, -0.1) is 0 Å². The Morgan fingerprint density at radius 1 is 1.40 bits per heavy atom. The number of halogens is 4. The van der Waals surface area contributed by atoms with Crippen LogP contribution >= 0.6 is 11.6 Å². The first kappa shape index (κ1) is 17.0. The van der Waals surface area contributed by atoms with Crippen LogP contribution in [0.5, 0.6) is 0 Å². The molecule has 20 heavy (non-hydrogen) atoms. The van der Waals surface area contributed by atoms with E-state index < -0.39 is 27.6 Å². The second-order valence-corrected chi connectivity index (χ2v) is 6.00. The van der Waals surface area contributed by atoms with Gasteiger partial charge in [0.1, 0.15) is 0 Å². The predicted octanol–water partition coefficient (Wildman–Crippen LogP) is 2.99. The molecule has 0 heterocycles. The van der Waals surface area contributed by atoms with E-state index in [9.17, 15) is 22.2 Å². The summed E-state index contributed by atoms with van der Waals surface area (Å²) in [5.41, 5.74) is -0.994. The van der Waals surface area contributed by atoms with E-state index in [2.05, 4.69) is 5.32 Å². The Bertz CT molecular complexity index is 520. The molecule has 1 rings (SSSR count). The Labute approximate surface area is 122 Å². The van der Waals surface area contributed by atoms with Gasteiger partial charge in [0.2, 0.25) is 5.91 Å². The van der Waals surface area contributed by atoms with Crippen LogP contribution in [0.3, 0.4) is 0 Å². The highest BCUT2D eigenvalue weighted by Crippen LogP contribution is 2.35. The van der Waals surface area contributed by atoms with E-state index in [-0.39, 0.29) is 16.6 Å². The molecule has 0 aliphatic heterocycles. The van der Waals surface area contributed by atoms with Gasteiger partial charge in [-0.25, -0.2) is 0 Å². The number of carbonyl (C=O) groups is 1. The molecule has 0 aliphatic rings. The first-order valence-corrected chi connectivity index (χ1v) is 7.41. The molecular formula is C12H13ClF3NO2S. The lowest BCUT2D eigenvalue weighted by molar-refractivity contribution is -0.137. The van der Waals surface area contributed by atoms with Crippen LogP contribution < -0.4 is 5.32 Å². The minimum atomic E-state index is -4.58. The van der Waals surface area contributed by atoms with Crippen LogP contribution in [-0.2, 0) is 21.8 Å². The van der Waals surface area contributed by atoms with E-state index in [1.54, 1.807) is 0 Å². The summed E-state index contributed by atoms with van der Waals surface area (Å²) >= 11 is 5.48. The molecule has 1 N–H and O–H groups in total. The molecule has 1 atom stereocenters. The quantitative estimate of drug-likeness (QED) is 0.845. The molecule has 0 bridgehead atoms. The van der Waals surface area contributed by atoms with Crippen LogP contribution in [0.15, 0.2) is 23.1 Å². The summed E-state index contributed by atoms with van der Waals surface area (Å²) in [4.78, 5) is 10.7. The molecule has 112 valence electrons. The summed E-state index contributed by atoms with van der Waals surface area (Å²) in [5.74, 6) is -0.0409. The zero-order valence-electron chi connectivity index (χ0n) is 10.6. The number of amides is 1. The summed E-state index contributed by atoms with van der Waals surface area (Å²) in [7, 11) is -1.56. The minimum Gasteiger partial charge on any atom is -0.356 e. The highest BCUT2D eigenvalue weighted by molar-refractivity contribution is 7.85. The molecule has 0 radical (unpaired) electrons. The molecule has 1 aromatic rings. The van der Waals surface area contributed by atoms with Gasteiger partial charge in [0.15, 0.2) is 0 Å². The summed E-state index contributed by atoms with van der Waals surface area (Å²) in [6, 6.07) is 3.20. The van der Waals surface area contributed by atoms with Crippen LogP contribution in [0.1, 0.15) is 18.9 Å². The van der Waals surface area contributed by atoms with E-state index in [1.807, 2.05) is 0 Å². The van der Waals surface area contributed by atoms with Gasteiger partial charge in [-0.05, 0) is 24.6 Å². The predicted molar refractivity (Wildman–Crippen MR) is 71.0 cm³/mol. The molecule has 0 fully saturated rings. The van der Waals surface area contributed by atoms with E-state index >= 15 is 0 Å². The standard InChI is InChI=1S/C12H13ClF3NO2S/c1-8(18)17-5-2-6-20(19)9-3-4-11(13)10(7-9)12(14,15)16/h3-4,7H,2,5-6H2,1H3,(H,17,18)/t20-/m0/s1. The van der Waals surface area contributed by atoms with Crippen molar-refractivity contribution in [2.45, 2.75) is 24.4 Å². The maximum atomic E-state index is 12.7. The van der Waals surface area contributed by atoms with Gasteiger partial charge in [0.25, 0.3) is 0 Å². The van der Waals surface area contributed by atoms with Crippen LogP contribution in [0, 0.1) is 0 Å². The maximum absolute atomic E-state index is 12.7. The van der Waals surface area contributed by atoms with Gasteiger partial charge in [-0.3, -0.25) is 9.00 Å². The van der Waals surface area contributed by atoms with Crippen molar-refractivity contribution in [3.8, 4) is 0 Å². The number of carbonyl (C=O) groups excluding carboxylic acids is 1. The SMILES string of the molecule is CC(=O)NCCC[S@](=O)c1ccc(Cl)c(C(F)(F)F)c1. The Kier molecular flexibility index (Phi) is 6.01. The van der Waals surface area contributed by atoms with E-state index in [0.717, 1.165) is 12.1 Å². The van der Waals surface area contributed by atoms with E-state index in [0.29, 0.717) is 13.0 Å². The topological polar surface area (TPSA) is 46.2 Å². The first-order valence-electron chi connectivity index (χ1n) is 5.71. The lowest BCUT2D eigenvalue weighted by Gasteiger charge is -2.10. The first-order chi connectivity index (χ1) is 9.21. The number of hydrogen-bond donors (Lipinski definition) is 1. The molecule has 0 unspecified atom stereocenters. The minimum absolute atomic E-state index is 0.0737. The average Bonchev–Trinajstić information content (AvgIpc) is 2.33. The van der Waals surface area contributed by atoms with Gasteiger partial charge in [0, 0.05) is 24.1 Å². The van der Waals surface area contributed by atoms with Crippen molar-refractivity contribution in [2.75, 3.05) is 12.3 Å². The molecule has 0 aliphatic carbocycles. The smallest absolute Gasteiger partial charge is 0.356 e. The molecule has 3 nitrogen and oxygen atoms in total. The van der Waals surface area contributed by atoms with E-state index in [4.69, 9.17) is 11.6 Å². The fourth-order valence-corrected chi connectivity index (χ4v) is 2.78. The zero-order chi connectivity index (χ0) is 15.3. The molecule has 0 saturated carbocycles. The van der Waals surface area contributed by atoms with Crippen molar-refractivity contribution in [1.29, 1.82) is 0 Å². The van der Waals surface area contributed by atoms with Crippen molar-refractivity contribution < 1.29 is 22.2 Å². The normalized spacial score (nSPS) is 13.1. The largest absolute Gasteiger partial charge is 0.417 e. The molecule has 0 saturated heterocycles. The Morgan fingerprint density at radius 3 is 2.60 bits per heavy atom. The van der Waals surface area contributed by atoms with Gasteiger partial charge < -0.3 is 5.32 Å². The molecule has 0 aromatic heterocycles. The fourth-order valence-electron chi connectivity index (χ4n) is 1.45. The van der Waals surface area contributed by atoms with Gasteiger partial charge >= 0.3 is 6.18 Å². The van der Waals surface area contributed by atoms with Crippen molar-refractivity contribution in [2.24, 2.45) is 0 Å². The summed E-state index contributed by atoms with van der Waals surface area (Å²) in [6.45, 7) is 1.69. The third-order valence-electron chi connectivity index (χ3n) is 2.39. The van der Waals surface area contributed by atoms with E-state index in [1.165, 1.54) is 13.0 Å². The highest BCUT2D eigenvalue weighted by atomic mass is 35.5. The number of nitrogens with one attached hydrogen (secondary N) is 1. The van der Waals surface area contributed by atoms with Gasteiger partial charge in [-0.2, -0.15) is 13.2 Å². The van der Waals surface area contributed by atoms with Crippen LogP contribution in [-0.4, -0.2) is 22.4 Å². The monoisotopic (exact) mass is 327 g/mol. The van der Waals surface area contributed by atoms with Crippen molar-refractivity contribution in [3.63, 3.8) is 0 Å². The summed E-state index contributed by atoms with van der Waals surface area (Å²) in [6.07, 6.45) is -4.16. The van der Waals surface area contributed by atoms with Crippen LogP contribution in [0.25, 0.3) is 0 Å². The Hall–Kier alpha value is -1.08. The molecule has 8 heteroatoms. The van der Waals surface area contributed by atoms with Crippen molar-refractivity contribution in [3.05, 3.63) is 28.8 Å². The number of benzene rings is 1. The molecular weight excluding hydrogens is 315 g/mol. The average molecular weight is 328 g/mol. The Morgan fingerprint density at radius 2 is 2.05 bits per heavy atom. The molecule has 1 amide bonds. The summed E-state index contributed by atoms with van der Waals surface area (Å²) in [5, 5.41) is 2.10.